The van der Waals surface area contributed by atoms with E-state index in [1.165, 1.54) is 77.0 Å². The molecule has 11 heteroatoms. The van der Waals surface area contributed by atoms with E-state index in [9.17, 15) is 0 Å². The number of hydrogen-bond donors (Lipinski definition) is 0. The second-order valence-corrected chi connectivity index (χ2v) is 15.8. The molecule has 36 heavy (non-hydrogen) atoms. The number of rotatable bonds is 28. The second kappa shape index (κ2) is 25.8. The molecule has 0 atom stereocenters. The minimum absolute atomic E-state index is 0.0626. The van der Waals surface area contributed by atoms with E-state index in [0.717, 1.165) is 37.4 Å². The zero-order chi connectivity index (χ0) is 26.9. The van der Waals surface area contributed by atoms with Gasteiger partial charge in [0.15, 0.2) is 0 Å². The Bertz CT molecular complexity index is 394. The first-order chi connectivity index (χ1) is 17.5. The summed E-state index contributed by atoms with van der Waals surface area (Å²) in [5.41, 5.74) is -0.0626. The van der Waals surface area contributed by atoms with Gasteiger partial charge >= 0.3 is 27.9 Å². The number of hydrogen-bond acceptors (Lipinski definition) is 7. The molecule has 0 amide bonds. The highest BCUT2D eigenvalue weighted by atomic mass is 28.3. The number of unbranched alkanes of at least 4 members (excludes halogenated alkanes) is 9. The standard InChI is InChI=1S/C25H54O7Si4/c1-26-34(27-2)22-16-10-7-13-19-25(32-33,20-14-8-11-17-23-35(28-3)29-4)21-15-9-12-18-24-36(30-5)31-6/h7-24H2,1-6H3. The van der Waals surface area contributed by atoms with Gasteiger partial charge in [0.25, 0.3) is 0 Å². The van der Waals surface area contributed by atoms with Gasteiger partial charge in [0.1, 0.15) is 0 Å². The van der Waals surface area contributed by atoms with E-state index in [4.69, 9.17) is 31.0 Å². The lowest BCUT2D eigenvalue weighted by Crippen LogP contribution is -2.32. The summed E-state index contributed by atoms with van der Waals surface area (Å²) in [7, 11) is 10.8. The second-order valence-electron chi connectivity index (χ2n) is 9.37. The fourth-order valence-electron chi connectivity index (χ4n) is 4.60. The Morgan fingerprint density at radius 3 is 0.889 bits per heavy atom. The van der Waals surface area contributed by atoms with Gasteiger partial charge in [-0.15, -0.1) is 0 Å². The van der Waals surface area contributed by atoms with Gasteiger partial charge in [0.2, 0.25) is 10.5 Å². The van der Waals surface area contributed by atoms with Crippen molar-refractivity contribution in [2.24, 2.45) is 0 Å². The van der Waals surface area contributed by atoms with E-state index in [1.807, 2.05) is 0 Å². The van der Waals surface area contributed by atoms with Crippen LogP contribution in [0.15, 0.2) is 0 Å². The highest BCUT2D eigenvalue weighted by Crippen LogP contribution is 2.32. The molecule has 212 valence electrons. The van der Waals surface area contributed by atoms with Crippen molar-refractivity contribution in [3.63, 3.8) is 0 Å². The normalized spacial score (nSPS) is 12.5. The molecular weight excluding hydrogens is 525 g/mol. The van der Waals surface area contributed by atoms with E-state index >= 15 is 0 Å². The maximum absolute atomic E-state index is 6.08. The lowest BCUT2D eigenvalue weighted by Gasteiger charge is -2.34. The quantitative estimate of drug-likeness (QED) is 0.0831. The molecule has 0 N–H and O–H groups in total. The Labute approximate surface area is 231 Å². The topological polar surface area (TPSA) is 64.6 Å². The molecule has 0 fully saturated rings. The van der Waals surface area contributed by atoms with Crippen LogP contribution < -0.4 is 0 Å². The first-order valence-electron chi connectivity index (χ1n) is 13.7. The third-order valence-corrected chi connectivity index (χ3v) is 12.3. The van der Waals surface area contributed by atoms with Gasteiger partial charge < -0.3 is 31.0 Å². The maximum atomic E-state index is 6.08. The first kappa shape index (κ1) is 36.6. The predicted octanol–water partition coefficient (Wildman–Crippen LogP) is 6.02. The summed E-state index contributed by atoms with van der Waals surface area (Å²) in [6.07, 6.45) is 17.9. The van der Waals surface area contributed by atoms with Crippen LogP contribution >= 0.6 is 0 Å². The summed E-state index contributed by atoms with van der Waals surface area (Å²) in [5.74, 6) is 0. The fourth-order valence-corrected chi connectivity index (χ4v) is 8.25. The predicted molar refractivity (Wildman–Crippen MR) is 153 cm³/mol. The van der Waals surface area contributed by atoms with Crippen molar-refractivity contribution in [1.82, 2.24) is 0 Å². The summed E-state index contributed by atoms with van der Waals surface area (Å²) < 4.78 is 38.5. The van der Waals surface area contributed by atoms with Gasteiger partial charge in [0, 0.05) is 42.7 Å². The summed E-state index contributed by atoms with van der Waals surface area (Å²) in [4.78, 5) is 0. The molecule has 0 spiro atoms. The Hall–Kier alpha value is 0.588. The smallest absolute Gasteiger partial charge is 0.384 e. The van der Waals surface area contributed by atoms with Gasteiger partial charge in [-0.3, -0.25) is 0 Å². The van der Waals surface area contributed by atoms with Crippen LogP contribution in [0.4, 0.5) is 0 Å². The zero-order valence-electron chi connectivity index (χ0n) is 24.1. The Kier molecular flexibility index (Phi) is 26.3. The lowest BCUT2D eigenvalue weighted by molar-refractivity contribution is 0.0423. The van der Waals surface area contributed by atoms with Crippen LogP contribution in [0.25, 0.3) is 0 Å². The molecule has 0 rings (SSSR count). The summed E-state index contributed by atoms with van der Waals surface area (Å²) in [5, 5.41) is 0. The molecule has 7 nitrogen and oxygen atoms in total. The minimum Gasteiger partial charge on any atom is -0.413 e. The van der Waals surface area contributed by atoms with E-state index in [1.54, 1.807) is 42.7 Å². The van der Waals surface area contributed by atoms with Crippen molar-refractivity contribution in [2.75, 3.05) is 42.7 Å². The van der Waals surface area contributed by atoms with Gasteiger partial charge in [-0.2, -0.15) is 0 Å². The van der Waals surface area contributed by atoms with Crippen molar-refractivity contribution >= 4 is 38.3 Å². The Morgan fingerprint density at radius 2 is 0.667 bits per heavy atom. The molecule has 0 saturated heterocycles. The molecule has 0 unspecified atom stereocenters. The van der Waals surface area contributed by atoms with Crippen molar-refractivity contribution in [2.45, 2.75) is 120 Å². The van der Waals surface area contributed by atoms with Gasteiger partial charge in [-0.25, -0.2) is 0 Å². The summed E-state index contributed by atoms with van der Waals surface area (Å²) in [6, 6.07) is 3.17. The van der Waals surface area contributed by atoms with E-state index in [0.29, 0.717) is 0 Å². The zero-order valence-corrected chi connectivity index (χ0v) is 28.1. The Morgan fingerprint density at radius 1 is 0.417 bits per heavy atom. The van der Waals surface area contributed by atoms with Crippen LogP contribution in [0.1, 0.15) is 96.3 Å². The molecule has 0 bridgehead atoms. The largest absolute Gasteiger partial charge is 0.413 e. The fraction of sp³-hybridized carbons (Fsp3) is 1.00. The van der Waals surface area contributed by atoms with Crippen molar-refractivity contribution in [3.8, 4) is 0 Å². The highest BCUT2D eigenvalue weighted by Gasteiger charge is 2.28. The van der Waals surface area contributed by atoms with E-state index in [2.05, 4.69) is 10.5 Å². The third-order valence-electron chi connectivity index (χ3n) is 6.87. The molecule has 0 aliphatic heterocycles. The molecule has 0 aliphatic rings. The van der Waals surface area contributed by atoms with Crippen molar-refractivity contribution in [1.29, 1.82) is 0 Å². The third kappa shape index (κ3) is 18.8. The van der Waals surface area contributed by atoms with Crippen molar-refractivity contribution in [3.05, 3.63) is 0 Å². The first-order valence-corrected chi connectivity index (χ1v) is 18.7. The van der Waals surface area contributed by atoms with E-state index in [-0.39, 0.29) is 5.60 Å². The Balaban J connectivity index is 4.49. The van der Waals surface area contributed by atoms with Crippen molar-refractivity contribution < 1.29 is 31.0 Å². The monoisotopic (exact) mass is 578 g/mol. The average Bonchev–Trinajstić information content (AvgIpc) is 2.91. The molecule has 0 aromatic heterocycles. The van der Waals surface area contributed by atoms with Crippen LogP contribution in [-0.2, 0) is 31.0 Å². The van der Waals surface area contributed by atoms with Gasteiger partial charge in [-0.05, 0) is 37.4 Å². The molecule has 0 heterocycles. The van der Waals surface area contributed by atoms with Crippen LogP contribution in [0.2, 0.25) is 18.1 Å². The van der Waals surface area contributed by atoms with Gasteiger partial charge in [-0.1, -0.05) is 77.0 Å². The van der Waals surface area contributed by atoms with Crippen LogP contribution in [0.3, 0.4) is 0 Å². The summed E-state index contributed by atoms with van der Waals surface area (Å²) >= 11 is 0. The maximum Gasteiger partial charge on any atom is 0.384 e. The molecule has 6 radical (unpaired) electrons. The minimum atomic E-state index is -1.06. The van der Waals surface area contributed by atoms with Crippen LogP contribution in [-0.4, -0.2) is 86.6 Å². The van der Waals surface area contributed by atoms with E-state index < -0.39 is 27.9 Å². The highest BCUT2D eigenvalue weighted by molar-refractivity contribution is 6.44. The van der Waals surface area contributed by atoms with Crippen LogP contribution in [0, 0.1) is 0 Å². The molecule has 0 aliphatic carbocycles. The SMILES string of the molecule is CO[Si](CCCCCCC(CCCCCC[Si](OC)OC)(CCCCCC[Si](OC)OC)O[Si])OC. The van der Waals surface area contributed by atoms with Gasteiger partial charge in [0.05, 0.1) is 5.60 Å². The molecule has 0 saturated carbocycles. The molecule has 0 aromatic carbocycles. The molecular formula is C25H54O7Si4. The summed E-state index contributed by atoms with van der Waals surface area (Å²) in [6.45, 7) is 0. The van der Waals surface area contributed by atoms with Crippen LogP contribution in [0.5, 0.6) is 0 Å². The molecule has 0 aromatic rings. The average molecular weight is 579 g/mol. The lowest BCUT2D eigenvalue weighted by atomic mass is 9.85.